The number of carbonyl (C=O) groups is 1. The molecule has 0 radical (unpaired) electrons. The van der Waals surface area contributed by atoms with Crippen LogP contribution in [0.15, 0.2) is 24.4 Å². The zero-order valence-electron chi connectivity index (χ0n) is 6.53. The third-order valence-corrected chi connectivity index (χ3v) is 1.10. The van der Waals surface area contributed by atoms with Crippen molar-refractivity contribution in [3.8, 4) is 0 Å². The number of nitrogens with one attached hydrogen (secondary N) is 1. The Bertz CT molecular complexity index is 170. The lowest BCUT2D eigenvalue weighted by atomic mass is 10.3. The second-order valence-electron chi connectivity index (χ2n) is 2.19. The molecule has 0 aliphatic rings. The van der Waals surface area contributed by atoms with Crippen LogP contribution in [0.1, 0.15) is 20.3 Å². The quantitative estimate of drug-likeness (QED) is 0.591. The number of allylic oxidation sites excluding steroid dienone is 1. The summed E-state index contributed by atoms with van der Waals surface area (Å²) < 4.78 is 0. The molecule has 0 rings (SSSR count). The van der Waals surface area contributed by atoms with Gasteiger partial charge in [0.2, 0.25) is 5.91 Å². The van der Waals surface area contributed by atoms with E-state index in [-0.39, 0.29) is 5.91 Å². The van der Waals surface area contributed by atoms with Crippen molar-refractivity contribution < 1.29 is 4.79 Å². The first kappa shape index (κ1) is 8.95. The molecule has 0 aliphatic heterocycles. The van der Waals surface area contributed by atoms with E-state index in [4.69, 9.17) is 0 Å². The molecule has 2 heteroatoms. The summed E-state index contributed by atoms with van der Waals surface area (Å²) in [5.74, 6) is -0.146. The SMILES string of the molecule is C=C(CC)NC(=O)C(=C)C. The molecule has 0 heterocycles. The Balaban J connectivity index is 3.80. The number of hydrogen-bond donors (Lipinski definition) is 1. The summed E-state index contributed by atoms with van der Waals surface area (Å²) >= 11 is 0. The lowest BCUT2D eigenvalue weighted by Crippen LogP contribution is -2.21. The van der Waals surface area contributed by atoms with Gasteiger partial charge in [0.15, 0.2) is 0 Å². The van der Waals surface area contributed by atoms with E-state index in [2.05, 4.69) is 18.5 Å². The molecule has 0 unspecified atom stereocenters. The van der Waals surface area contributed by atoms with Crippen molar-refractivity contribution >= 4 is 5.91 Å². The molecule has 10 heavy (non-hydrogen) atoms. The van der Waals surface area contributed by atoms with Crippen molar-refractivity contribution in [2.45, 2.75) is 20.3 Å². The second kappa shape index (κ2) is 3.88. The first-order chi connectivity index (χ1) is 4.57. The van der Waals surface area contributed by atoms with Crippen molar-refractivity contribution in [2.24, 2.45) is 0 Å². The Kier molecular flexibility index (Phi) is 3.47. The fourth-order valence-electron chi connectivity index (χ4n) is 0.356. The predicted molar refractivity (Wildman–Crippen MR) is 42.4 cm³/mol. The fraction of sp³-hybridized carbons (Fsp3) is 0.375. The minimum Gasteiger partial charge on any atom is -0.327 e. The molecule has 1 N–H and O–H groups in total. The second-order valence-corrected chi connectivity index (χ2v) is 2.19. The highest BCUT2D eigenvalue weighted by Gasteiger charge is 2.00. The molecule has 0 aromatic carbocycles. The highest BCUT2D eigenvalue weighted by atomic mass is 16.1. The smallest absolute Gasteiger partial charge is 0.250 e. The largest absolute Gasteiger partial charge is 0.327 e. The Morgan fingerprint density at radius 2 is 2.00 bits per heavy atom. The van der Waals surface area contributed by atoms with Crippen LogP contribution in [0.5, 0.6) is 0 Å². The van der Waals surface area contributed by atoms with Crippen LogP contribution in [-0.2, 0) is 4.79 Å². The van der Waals surface area contributed by atoms with Gasteiger partial charge in [0.05, 0.1) is 0 Å². The van der Waals surface area contributed by atoms with Crippen LogP contribution in [0.3, 0.4) is 0 Å². The predicted octanol–water partition coefficient (Wildman–Crippen LogP) is 1.60. The summed E-state index contributed by atoms with van der Waals surface area (Å²) in [7, 11) is 0. The van der Waals surface area contributed by atoms with Gasteiger partial charge in [0, 0.05) is 11.3 Å². The molecule has 0 fully saturated rings. The van der Waals surface area contributed by atoms with Crippen LogP contribution >= 0.6 is 0 Å². The Morgan fingerprint density at radius 3 is 2.30 bits per heavy atom. The summed E-state index contributed by atoms with van der Waals surface area (Å²) in [5, 5.41) is 2.60. The molecule has 56 valence electrons. The Labute approximate surface area is 61.6 Å². The van der Waals surface area contributed by atoms with Gasteiger partial charge in [0.25, 0.3) is 0 Å². The monoisotopic (exact) mass is 139 g/mol. The maximum Gasteiger partial charge on any atom is 0.250 e. The number of hydrogen-bond acceptors (Lipinski definition) is 1. The molecule has 0 saturated carbocycles. The zero-order chi connectivity index (χ0) is 8.15. The van der Waals surface area contributed by atoms with Crippen LogP contribution in [-0.4, -0.2) is 5.91 Å². The summed E-state index contributed by atoms with van der Waals surface area (Å²) in [5.41, 5.74) is 1.24. The average Bonchev–Trinajstić information content (AvgIpc) is 1.87. The zero-order valence-corrected chi connectivity index (χ0v) is 6.53. The summed E-state index contributed by atoms with van der Waals surface area (Å²) in [6.07, 6.45) is 0.763. The normalized spacial score (nSPS) is 8.60. The van der Waals surface area contributed by atoms with Crippen molar-refractivity contribution in [3.63, 3.8) is 0 Å². The van der Waals surface area contributed by atoms with Gasteiger partial charge in [-0.05, 0) is 13.3 Å². The molecule has 0 aliphatic carbocycles. The van der Waals surface area contributed by atoms with Crippen molar-refractivity contribution in [3.05, 3.63) is 24.4 Å². The maximum atomic E-state index is 10.8. The van der Waals surface area contributed by atoms with Gasteiger partial charge in [0.1, 0.15) is 0 Å². The van der Waals surface area contributed by atoms with Gasteiger partial charge >= 0.3 is 0 Å². The fourth-order valence-corrected chi connectivity index (χ4v) is 0.356. The maximum absolute atomic E-state index is 10.8. The van der Waals surface area contributed by atoms with E-state index >= 15 is 0 Å². The molecular weight excluding hydrogens is 126 g/mol. The van der Waals surface area contributed by atoms with E-state index in [1.54, 1.807) is 6.92 Å². The van der Waals surface area contributed by atoms with Crippen molar-refractivity contribution in [1.29, 1.82) is 0 Å². The molecular formula is C8H13NO. The highest BCUT2D eigenvalue weighted by Crippen LogP contribution is 1.93. The van der Waals surface area contributed by atoms with E-state index < -0.39 is 0 Å². The van der Waals surface area contributed by atoms with Gasteiger partial charge in [-0.15, -0.1) is 0 Å². The first-order valence-corrected chi connectivity index (χ1v) is 3.22. The molecule has 0 aromatic rings. The minimum atomic E-state index is -0.146. The van der Waals surface area contributed by atoms with Crippen LogP contribution in [0.25, 0.3) is 0 Å². The van der Waals surface area contributed by atoms with Crippen LogP contribution in [0.4, 0.5) is 0 Å². The first-order valence-electron chi connectivity index (χ1n) is 3.22. The van der Waals surface area contributed by atoms with Gasteiger partial charge in [-0.3, -0.25) is 4.79 Å². The molecule has 0 aromatic heterocycles. The lowest BCUT2D eigenvalue weighted by molar-refractivity contribution is -0.116. The molecule has 2 nitrogen and oxygen atoms in total. The number of rotatable bonds is 3. The molecule has 0 spiro atoms. The van der Waals surface area contributed by atoms with E-state index in [0.717, 1.165) is 12.1 Å². The standard InChI is InChI=1S/C8H13NO/c1-5-7(4)9-8(10)6(2)3/h2,4-5H2,1,3H3,(H,9,10). The number of carbonyl (C=O) groups excluding carboxylic acids is 1. The third-order valence-electron chi connectivity index (χ3n) is 1.10. The van der Waals surface area contributed by atoms with E-state index in [1.165, 1.54) is 0 Å². The molecule has 1 amide bonds. The highest BCUT2D eigenvalue weighted by molar-refractivity contribution is 5.93. The van der Waals surface area contributed by atoms with Gasteiger partial charge < -0.3 is 5.32 Å². The summed E-state index contributed by atoms with van der Waals surface area (Å²) in [4.78, 5) is 10.8. The van der Waals surface area contributed by atoms with Gasteiger partial charge in [-0.1, -0.05) is 20.1 Å². The van der Waals surface area contributed by atoms with Crippen molar-refractivity contribution in [2.75, 3.05) is 0 Å². The van der Waals surface area contributed by atoms with Gasteiger partial charge in [-0.2, -0.15) is 0 Å². The molecule has 0 atom stereocenters. The molecule has 0 bridgehead atoms. The van der Waals surface area contributed by atoms with E-state index in [1.807, 2.05) is 6.92 Å². The van der Waals surface area contributed by atoms with Crippen LogP contribution in [0.2, 0.25) is 0 Å². The topological polar surface area (TPSA) is 29.1 Å². The van der Waals surface area contributed by atoms with E-state index in [9.17, 15) is 4.79 Å². The van der Waals surface area contributed by atoms with E-state index in [0.29, 0.717) is 5.57 Å². The summed E-state index contributed by atoms with van der Waals surface area (Å²) in [6, 6.07) is 0. The van der Waals surface area contributed by atoms with Gasteiger partial charge in [-0.25, -0.2) is 0 Å². The lowest BCUT2D eigenvalue weighted by Gasteiger charge is -2.03. The third kappa shape index (κ3) is 3.07. The summed E-state index contributed by atoms with van der Waals surface area (Å²) in [6.45, 7) is 10.7. The Morgan fingerprint density at radius 1 is 1.50 bits per heavy atom. The average molecular weight is 139 g/mol. The van der Waals surface area contributed by atoms with Crippen LogP contribution < -0.4 is 5.32 Å². The van der Waals surface area contributed by atoms with Crippen LogP contribution in [0, 0.1) is 0 Å². The minimum absolute atomic E-state index is 0.146. The molecule has 0 saturated heterocycles. The van der Waals surface area contributed by atoms with Crippen molar-refractivity contribution in [1.82, 2.24) is 5.32 Å². The Hall–Kier alpha value is -1.05. The number of amides is 1.